The summed E-state index contributed by atoms with van der Waals surface area (Å²) in [6, 6.07) is 3.71. The van der Waals surface area contributed by atoms with E-state index < -0.39 is 174 Å². The highest BCUT2D eigenvalue weighted by atomic mass is 16.5. The molecule has 5 rings (SSSR count). The largest absolute Gasteiger partial charge is 0.391 e. The molecule has 3 aliphatic rings. The summed E-state index contributed by atoms with van der Waals surface area (Å²) in [5.74, 6) is -10.9. The second kappa shape index (κ2) is 38.3. The van der Waals surface area contributed by atoms with Gasteiger partial charge in [-0.15, -0.1) is 0 Å². The first-order valence-corrected chi connectivity index (χ1v) is 35.1. The molecule has 0 aliphatic carbocycles. The van der Waals surface area contributed by atoms with Crippen molar-refractivity contribution in [1.29, 1.82) is 0 Å². The van der Waals surface area contributed by atoms with Crippen LogP contribution in [0.1, 0.15) is 145 Å². The van der Waals surface area contributed by atoms with E-state index in [0.29, 0.717) is 49.9 Å². The Morgan fingerprint density at radius 2 is 1.08 bits per heavy atom. The predicted octanol–water partition coefficient (Wildman–Crippen LogP) is 1.20. The molecule has 8 N–H and O–H groups in total. The Hall–Kier alpha value is -8.53. The quantitative estimate of drug-likeness (QED) is 0.132. The molecule has 28 heteroatoms. The van der Waals surface area contributed by atoms with Gasteiger partial charge in [-0.2, -0.15) is 0 Å². The Morgan fingerprint density at radius 1 is 0.570 bits per heavy atom. The molecule has 0 aromatic heterocycles. The highest BCUT2D eigenvalue weighted by molar-refractivity contribution is 6.00. The summed E-state index contributed by atoms with van der Waals surface area (Å²) in [7, 11) is 5.43. The van der Waals surface area contributed by atoms with Crippen LogP contribution in [0, 0.1) is 17.8 Å². The number of likely N-dealkylation sites (N-methyl/N-ethyl adjacent to an activating group) is 4. The van der Waals surface area contributed by atoms with Crippen LogP contribution in [-0.2, 0) is 79.9 Å². The van der Waals surface area contributed by atoms with Crippen molar-refractivity contribution in [2.75, 3.05) is 67.5 Å². The second-order valence-electron chi connectivity index (χ2n) is 28.8. The minimum atomic E-state index is -1.72. The topological polar surface area (TPSA) is 355 Å². The molecule has 0 radical (unpaired) electrons. The lowest BCUT2D eigenvalue weighted by atomic mass is 9.96. The van der Waals surface area contributed by atoms with E-state index in [9.17, 15) is 57.8 Å². The van der Waals surface area contributed by atoms with Gasteiger partial charge in [-0.1, -0.05) is 109 Å². The molecule has 3 heterocycles. The van der Waals surface area contributed by atoms with Gasteiger partial charge in [0.05, 0.1) is 37.8 Å². The number of hydrogen-bond donors (Lipinski definition) is 8. The monoisotopic (exact) mass is 1400 g/mol. The number of benzene rings is 2. The van der Waals surface area contributed by atoms with E-state index in [1.54, 1.807) is 100 Å². The lowest BCUT2D eigenvalue weighted by Gasteiger charge is -2.35. The number of rotatable bonds is 14. The molecule has 3 aliphatic heterocycles. The van der Waals surface area contributed by atoms with Gasteiger partial charge in [-0.05, 0) is 108 Å². The molecule has 28 nitrogen and oxygen atoms in total. The van der Waals surface area contributed by atoms with E-state index in [-0.39, 0.29) is 57.1 Å². The molecule has 0 bridgehead atoms. The number of fused-ring (bicyclic) bond motifs is 1. The number of carbonyl (C=O) groups excluding carboxylic acids is 13. The molecule has 0 unspecified atom stereocenters. The van der Waals surface area contributed by atoms with Gasteiger partial charge in [0.15, 0.2) is 0 Å². The summed E-state index contributed by atoms with van der Waals surface area (Å²) >= 11 is 0. The van der Waals surface area contributed by atoms with Crippen LogP contribution in [0.3, 0.4) is 0 Å². The summed E-state index contributed by atoms with van der Waals surface area (Å²) in [4.78, 5) is 197. The van der Waals surface area contributed by atoms with Crippen LogP contribution in [-0.4, -0.2) is 251 Å². The number of likely N-dealkylation sites (tertiary alicyclic amines) is 1. The van der Waals surface area contributed by atoms with Gasteiger partial charge in [0.1, 0.15) is 60.4 Å². The van der Waals surface area contributed by atoms with Crippen LogP contribution in [0.5, 0.6) is 0 Å². The zero-order valence-electron chi connectivity index (χ0n) is 61.2. The minimum absolute atomic E-state index is 0.0283. The predicted molar refractivity (Wildman–Crippen MR) is 373 cm³/mol. The third-order valence-corrected chi connectivity index (χ3v) is 18.7. The van der Waals surface area contributed by atoms with Crippen LogP contribution < -0.4 is 37.2 Å². The van der Waals surface area contributed by atoms with E-state index >= 15 is 9.59 Å². The molecule has 2 aromatic carbocycles. The number of carbonyl (C=O) groups is 13. The van der Waals surface area contributed by atoms with Gasteiger partial charge in [0.25, 0.3) is 0 Å². The zero-order valence-corrected chi connectivity index (χ0v) is 61.2. The van der Waals surface area contributed by atoms with Crippen LogP contribution in [0.4, 0.5) is 0 Å². The Balaban J connectivity index is 1.60. The Labute approximate surface area is 589 Å². The van der Waals surface area contributed by atoms with Crippen LogP contribution >= 0.6 is 0 Å². The summed E-state index contributed by atoms with van der Waals surface area (Å²) in [5, 5.41) is 30.2. The second-order valence-corrected chi connectivity index (χ2v) is 28.8. The maximum absolute atomic E-state index is 15.1. The van der Waals surface area contributed by atoms with E-state index in [1.165, 1.54) is 51.8 Å². The number of nitrogens with one attached hydrogen (secondary N) is 7. The summed E-state index contributed by atoms with van der Waals surface area (Å²) in [6.45, 7) is 17.8. The van der Waals surface area contributed by atoms with Crippen molar-refractivity contribution in [3.05, 3.63) is 71.8 Å². The molecule has 13 amide bonds. The van der Waals surface area contributed by atoms with E-state index in [4.69, 9.17) is 4.74 Å². The van der Waals surface area contributed by atoms with Gasteiger partial charge < -0.3 is 76.5 Å². The summed E-state index contributed by atoms with van der Waals surface area (Å²) in [5.41, 5.74) is 0.388. The third-order valence-electron chi connectivity index (χ3n) is 18.7. The number of aliphatic hydroxyl groups is 1. The highest BCUT2D eigenvalue weighted by Gasteiger charge is 2.43. The highest BCUT2D eigenvalue weighted by Crippen LogP contribution is 2.23. The molecule has 3 fully saturated rings. The minimum Gasteiger partial charge on any atom is -0.391 e. The molecule has 3 saturated heterocycles. The van der Waals surface area contributed by atoms with Gasteiger partial charge in [-0.3, -0.25) is 62.3 Å². The first-order valence-electron chi connectivity index (χ1n) is 35.1. The van der Waals surface area contributed by atoms with Gasteiger partial charge in [0, 0.05) is 60.7 Å². The lowest BCUT2D eigenvalue weighted by molar-refractivity contribution is -0.146. The number of ether oxygens (including phenoxy) is 1. The fourth-order valence-electron chi connectivity index (χ4n) is 12.3. The number of amides is 13. The smallest absolute Gasteiger partial charge is 0.245 e. The van der Waals surface area contributed by atoms with Crippen LogP contribution in [0.25, 0.3) is 0 Å². The molecule has 0 spiro atoms. The van der Waals surface area contributed by atoms with E-state index in [1.807, 2.05) is 27.7 Å². The fourth-order valence-corrected chi connectivity index (χ4v) is 12.3. The van der Waals surface area contributed by atoms with Crippen LogP contribution in [0.2, 0.25) is 0 Å². The van der Waals surface area contributed by atoms with Gasteiger partial charge in [-0.25, -0.2) is 0 Å². The van der Waals surface area contributed by atoms with Crippen molar-refractivity contribution in [2.24, 2.45) is 17.8 Å². The first-order chi connectivity index (χ1) is 47.0. The van der Waals surface area contributed by atoms with Crippen molar-refractivity contribution in [1.82, 2.24) is 66.6 Å². The Kier molecular flexibility index (Phi) is 31.5. The van der Waals surface area contributed by atoms with Crippen molar-refractivity contribution >= 4 is 76.8 Å². The SMILES string of the molecule is CC[C@H](C)[C@@H]1NC(=O)[C@@H]2CCCN2C(=O)CNC(=O)[C@H](COC(C)(C)C)NC(=O)[C@H](CC(C)C)N(C)C(=O)[C@H](Cc2ccccc2)NC(=O)CN(C)C(=O)C[C@@H](C(=O)N2CCCCC2)NC(=O)[C@H](CC(C)C)N(C)C(=O)[C@H](Cc2ccccc2)NC(=O)[C@H]([C@@H](C)O)NC(=O)[C@H](C)N(C)C1=O. The molecule has 2 aromatic rings. The maximum atomic E-state index is 15.1. The Bertz CT molecular complexity index is 3160. The molecule has 554 valence electrons. The molecular weight excluding hydrogens is 1290 g/mol. The van der Waals surface area contributed by atoms with E-state index in [0.717, 1.165) is 21.1 Å². The van der Waals surface area contributed by atoms with Crippen molar-refractivity contribution in [3.63, 3.8) is 0 Å². The third kappa shape index (κ3) is 24.1. The lowest BCUT2D eigenvalue weighted by Crippen LogP contribution is -2.62. The normalized spacial score (nSPS) is 26.1. The Morgan fingerprint density at radius 3 is 1.59 bits per heavy atom. The average molecular weight is 1400 g/mol. The van der Waals surface area contributed by atoms with Crippen molar-refractivity contribution in [3.8, 4) is 0 Å². The summed E-state index contributed by atoms with van der Waals surface area (Å²) in [6.07, 6.45) is 0.792. The number of hydrogen-bond acceptors (Lipinski definition) is 15. The number of nitrogens with zero attached hydrogens (tertiary/aromatic N) is 6. The molecular formula is C72H111N13O15. The van der Waals surface area contributed by atoms with Crippen molar-refractivity contribution in [2.45, 2.75) is 219 Å². The van der Waals surface area contributed by atoms with Gasteiger partial charge >= 0.3 is 0 Å². The maximum Gasteiger partial charge on any atom is 0.245 e. The standard InChI is InChI=1S/C72H111N13O15/c1-16-45(6)60-71(99)81(13)46(7)62(90)79-61(47(8)86)67(95)76-51(38-49-29-22-18-23-30-49)69(97)83(15)55(35-43(2)3)65(93)75-52(70(98)84-32-24-19-25-33-84)39-58(88)80(12)41-57(87)74-50(37-48-27-20-17-21-28-48)68(96)82(14)56(36-44(4)5)66(94)77-53(42-100-72(9,10)11)63(91)73-40-59(89)85-34-26-31-54(85)64(92)78-60/h17-18,20-23,27-30,43-47,50-56,60-61,86H,16,19,24-26,31-42H2,1-15H3,(H,73,91)(H,74,87)(H,75,93)(H,76,95)(H,77,94)(H,78,92)(H,79,90)/t45-,46-,47+,50-,51-,52-,53-,54-,55-,56-,60-,61-/m0/s1. The number of piperidine rings is 1. The number of aliphatic hydroxyl groups excluding tert-OH is 1. The molecule has 12 atom stereocenters. The van der Waals surface area contributed by atoms with Gasteiger partial charge in [0.2, 0.25) is 76.8 Å². The zero-order chi connectivity index (χ0) is 74.5. The molecule has 0 saturated carbocycles. The van der Waals surface area contributed by atoms with Crippen LogP contribution in [0.15, 0.2) is 60.7 Å². The van der Waals surface area contributed by atoms with Crippen molar-refractivity contribution < 1.29 is 72.2 Å². The first kappa shape index (κ1) is 82.1. The fraction of sp³-hybridized carbons (Fsp3) is 0.653. The summed E-state index contributed by atoms with van der Waals surface area (Å²) < 4.78 is 6.03. The molecule has 100 heavy (non-hydrogen) atoms. The van der Waals surface area contributed by atoms with E-state index in [2.05, 4.69) is 37.2 Å². The average Bonchev–Trinajstić information content (AvgIpc) is 1.31.